The lowest BCUT2D eigenvalue weighted by atomic mass is 10.0. The molecule has 0 aromatic rings. The monoisotopic (exact) mass is 426 g/mol. The summed E-state index contributed by atoms with van der Waals surface area (Å²) < 4.78 is 5.03. The lowest BCUT2D eigenvalue weighted by Crippen LogP contribution is -2.05. The molecule has 0 radical (unpaired) electrons. The molecule has 154 valence electrons. The van der Waals surface area contributed by atoms with E-state index in [0.29, 0.717) is 6.61 Å². The first kappa shape index (κ1) is 26.1. The fraction of sp³-hybridized carbons (Fsp3) is 0.857. The van der Waals surface area contributed by atoms with Gasteiger partial charge in [-0.05, 0) is 6.42 Å². The van der Waals surface area contributed by atoms with Gasteiger partial charge >= 0.3 is 5.97 Å². The predicted octanol–water partition coefficient (Wildman–Crippen LogP) is 8.68. The summed E-state index contributed by atoms with van der Waals surface area (Å²) in [6.07, 6.45) is 19.7. The summed E-state index contributed by atoms with van der Waals surface area (Å²) in [4.78, 5) is 11.4. The second-order valence-corrected chi connectivity index (χ2v) is 8.42. The molecule has 0 N–H and O–H groups in total. The molecule has 0 aromatic heterocycles. The fourth-order valence-corrected chi connectivity index (χ4v) is 3.15. The van der Waals surface area contributed by atoms with Gasteiger partial charge in [-0.15, -0.1) is 0 Å². The third-order valence-electron chi connectivity index (χ3n) is 4.52. The van der Waals surface area contributed by atoms with E-state index in [9.17, 15) is 4.79 Å². The Kier molecular flexibility index (Phi) is 19.9. The quantitative estimate of drug-likeness (QED) is 0.161. The fourth-order valence-electron chi connectivity index (χ4n) is 2.90. The summed E-state index contributed by atoms with van der Waals surface area (Å²) >= 11 is 16.7. The Hall–Kier alpha value is 0.0800. The standard InChI is InChI=1S/C21H37Cl3O2/c1-2-3-4-5-6-7-8-9-10-11-12-13-14-15-16-17-26-20(25)18-19(22)21(23)24/h2-18H2,1H3. The maximum absolute atomic E-state index is 11.4. The van der Waals surface area contributed by atoms with Gasteiger partial charge in [-0.25, -0.2) is 0 Å². The smallest absolute Gasteiger partial charge is 0.311 e. The van der Waals surface area contributed by atoms with Crippen molar-refractivity contribution in [2.24, 2.45) is 0 Å². The normalized spacial score (nSPS) is 10.8. The van der Waals surface area contributed by atoms with Crippen LogP contribution in [-0.2, 0) is 9.53 Å². The van der Waals surface area contributed by atoms with Crippen LogP contribution in [0.2, 0.25) is 0 Å². The SMILES string of the molecule is CCCCCCCCCCCCCCCCCOC(=O)CC(Cl)=C(Cl)Cl. The lowest BCUT2D eigenvalue weighted by Gasteiger charge is -2.05. The van der Waals surface area contributed by atoms with E-state index in [0.717, 1.165) is 12.8 Å². The molecule has 0 rings (SSSR count). The van der Waals surface area contributed by atoms with Gasteiger partial charge in [0.2, 0.25) is 0 Å². The van der Waals surface area contributed by atoms with Crippen molar-refractivity contribution in [2.75, 3.05) is 6.61 Å². The zero-order valence-electron chi connectivity index (χ0n) is 16.5. The number of hydrogen-bond donors (Lipinski definition) is 0. The van der Waals surface area contributed by atoms with E-state index in [1.54, 1.807) is 0 Å². The van der Waals surface area contributed by atoms with Crippen molar-refractivity contribution in [3.8, 4) is 0 Å². The molecule has 0 spiro atoms. The highest BCUT2D eigenvalue weighted by Crippen LogP contribution is 2.21. The predicted molar refractivity (Wildman–Crippen MR) is 115 cm³/mol. The molecule has 5 heteroatoms. The van der Waals surface area contributed by atoms with Crippen LogP contribution in [0.3, 0.4) is 0 Å². The zero-order chi connectivity index (χ0) is 19.5. The average Bonchev–Trinajstić information content (AvgIpc) is 2.61. The average molecular weight is 428 g/mol. The highest BCUT2D eigenvalue weighted by Gasteiger charge is 2.08. The molecule has 0 aliphatic rings. The highest BCUT2D eigenvalue weighted by molar-refractivity contribution is 6.59. The van der Waals surface area contributed by atoms with Crippen molar-refractivity contribution in [3.05, 3.63) is 9.52 Å². The molecule has 0 bridgehead atoms. The molecule has 0 aliphatic carbocycles. The van der Waals surface area contributed by atoms with E-state index in [1.807, 2.05) is 0 Å². The highest BCUT2D eigenvalue weighted by atomic mass is 35.5. The van der Waals surface area contributed by atoms with E-state index in [1.165, 1.54) is 83.5 Å². The Morgan fingerprint density at radius 3 is 1.42 bits per heavy atom. The maximum Gasteiger partial charge on any atom is 0.311 e. The second kappa shape index (κ2) is 19.8. The first-order valence-electron chi connectivity index (χ1n) is 10.4. The summed E-state index contributed by atoms with van der Waals surface area (Å²) in [5, 5.41) is 0.134. The number of rotatable bonds is 18. The molecule has 0 saturated carbocycles. The van der Waals surface area contributed by atoms with Crippen molar-refractivity contribution in [1.82, 2.24) is 0 Å². The Labute approximate surface area is 176 Å². The molecule has 0 saturated heterocycles. The Bertz CT molecular complexity index is 366. The van der Waals surface area contributed by atoms with Gasteiger partial charge in [0.05, 0.1) is 18.1 Å². The van der Waals surface area contributed by atoms with Crippen LogP contribution >= 0.6 is 34.8 Å². The van der Waals surface area contributed by atoms with Crippen molar-refractivity contribution < 1.29 is 9.53 Å². The summed E-state index contributed by atoms with van der Waals surface area (Å²) in [7, 11) is 0. The number of unbranched alkanes of at least 4 members (excludes halogenated alkanes) is 14. The molecule has 0 aromatic carbocycles. The van der Waals surface area contributed by atoms with Crippen molar-refractivity contribution in [1.29, 1.82) is 0 Å². The van der Waals surface area contributed by atoms with Crippen LogP contribution in [0.1, 0.15) is 110 Å². The van der Waals surface area contributed by atoms with Crippen molar-refractivity contribution in [2.45, 2.75) is 110 Å². The second-order valence-electron chi connectivity index (χ2n) is 7.01. The summed E-state index contributed by atoms with van der Waals surface area (Å²) in [6, 6.07) is 0. The van der Waals surface area contributed by atoms with Gasteiger partial charge < -0.3 is 4.74 Å². The third-order valence-corrected chi connectivity index (χ3v) is 5.49. The summed E-state index contributed by atoms with van der Waals surface area (Å²) in [5.41, 5.74) is 0. The van der Waals surface area contributed by atoms with Gasteiger partial charge in [0.15, 0.2) is 0 Å². The molecular weight excluding hydrogens is 391 g/mol. The largest absolute Gasteiger partial charge is 0.465 e. The van der Waals surface area contributed by atoms with Crippen LogP contribution in [0.25, 0.3) is 0 Å². The molecule has 0 heterocycles. The van der Waals surface area contributed by atoms with Gasteiger partial charge in [0.25, 0.3) is 0 Å². The first-order chi connectivity index (χ1) is 12.6. The molecule has 26 heavy (non-hydrogen) atoms. The minimum atomic E-state index is -0.376. The molecule has 0 aliphatic heterocycles. The van der Waals surface area contributed by atoms with Crippen LogP contribution in [0.4, 0.5) is 0 Å². The van der Waals surface area contributed by atoms with Crippen molar-refractivity contribution in [3.63, 3.8) is 0 Å². The van der Waals surface area contributed by atoms with Crippen LogP contribution in [0.5, 0.6) is 0 Å². The molecule has 2 nitrogen and oxygen atoms in total. The minimum Gasteiger partial charge on any atom is -0.465 e. The van der Waals surface area contributed by atoms with Crippen LogP contribution in [0.15, 0.2) is 9.52 Å². The van der Waals surface area contributed by atoms with E-state index >= 15 is 0 Å². The summed E-state index contributed by atoms with van der Waals surface area (Å²) in [6.45, 7) is 2.71. The van der Waals surface area contributed by atoms with Gasteiger partial charge in [-0.2, -0.15) is 0 Å². The Morgan fingerprint density at radius 1 is 0.654 bits per heavy atom. The molecular formula is C21H37Cl3O2. The Balaban J connectivity index is 3.20. The van der Waals surface area contributed by atoms with Gasteiger partial charge in [0.1, 0.15) is 4.49 Å². The molecule has 0 unspecified atom stereocenters. The zero-order valence-corrected chi connectivity index (χ0v) is 18.7. The summed E-state index contributed by atoms with van der Waals surface area (Å²) in [5.74, 6) is -0.376. The maximum atomic E-state index is 11.4. The topological polar surface area (TPSA) is 26.3 Å². The number of carbonyl (C=O) groups excluding carboxylic acids is 1. The van der Waals surface area contributed by atoms with E-state index < -0.39 is 0 Å². The van der Waals surface area contributed by atoms with Crippen molar-refractivity contribution >= 4 is 40.8 Å². The van der Waals surface area contributed by atoms with E-state index in [4.69, 9.17) is 39.5 Å². The number of ether oxygens (including phenoxy) is 1. The van der Waals surface area contributed by atoms with Crippen LogP contribution in [0, 0.1) is 0 Å². The molecule has 0 atom stereocenters. The van der Waals surface area contributed by atoms with Gasteiger partial charge in [0, 0.05) is 0 Å². The minimum absolute atomic E-state index is 0.0529. The molecule has 0 amide bonds. The third kappa shape index (κ3) is 18.9. The molecule has 0 fully saturated rings. The number of hydrogen-bond acceptors (Lipinski definition) is 2. The lowest BCUT2D eigenvalue weighted by molar-refractivity contribution is -0.142. The van der Waals surface area contributed by atoms with Crippen LogP contribution in [-0.4, -0.2) is 12.6 Å². The Morgan fingerprint density at radius 2 is 1.04 bits per heavy atom. The number of esters is 1. The van der Waals surface area contributed by atoms with Crippen LogP contribution < -0.4 is 0 Å². The van der Waals surface area contributed by atoms with E-state index in [2.05, 4.69) is 6.92 Å². The van der Waals surface area contributed by atoms with Gasteiger partial charge in [-0.3, -0.25) is 4.79 Å². The van der Waals surface area contributed by atoms with Gasteiger partial charge in [-0.1, -0.05) is 132 Å². The number of halogens is 3. The van der Waals surface area contributed by atoms with E-state index in [-0.39, 0.29) is 21.9 Å². The first-order valence-corrected chi connectivity index (χ1v) is 11.6. The number of carbonyl (C=O) groups is 1.